The molecule has 0 aliphatic carbocycles. The molecule has 164 valence electrons. The Kier molecular flexibility index (Phi) is 6.76. The van der Waals surface area contributed by atoms with Crippen LogP contribution in [0.15, 0.2) is 17.0 Å². The number of benzene rings is 1. The molecule has 0 aromatic heterocycles. The van der Waals surface area contributed by atoms with Gasteiger partial charge in [-0.05, 0) is 60.2 Å². The standard InChI is InChI=1S/C23H31NO5S/c1-9-29-20(27)13(2)24-19(26)17(30-21(24)28)12-14-10-15(22(3,4)5)18(25)16(11-14)23(6,7)8/h10-13,25H,9H2,1-8H3. The second kappa shape index (κ2) is 8.46. The smallest absolute Gasteiger partial charge is 0.329 e. The van der Waals surface area contributed by atoms with E-state index in [0.717, 1.165) is 33.4 Å². The molecule has 1 heterocycles. The monoisotopic (exact) mass is 433 g/mol. The number of hydrogen-bond acceptors (Lipinski definition) is 6. The van der Waals surface area contributed by atoms with Crippen molar-refractivity contribution < 1.29 is 24.2 Å². The maximum absolute atomic E-state index is 12.9. The summed E-state index contributed by atoms with van der Waals surface area (Å²) in [5, 5.41) is 10.4. The van der Waals surface area contributed by atoms with E-state index in [0.29, 0.717) is 0 Å². The first-order valence-electron chi connectivity index (χ1n) is 10.00. The van der Waals surface area contributed by atoms with Crippen LogP contribution in [-0.4, -0.2) is 39.8 Å². The topological polar surface area (TPSA) is 83.9 Å². The number of nitrogens with zero attached hydrogens (tertiary/aromatic N) is 1. The van der Waals surface area contributed by atoms with Crippen LogP contribution in [0.4, 0.5) is 4.79 Å². The third-order valence-electron chi connectivity index (χ3n) is 4.88. The maximum atomic E-state index is 12.9. The number of carbonyl (C=O) groups is 3. The van der Waals surface area contributed by atoms with Crippen LogP contribution in [0.25, 0.3) is 6.08 Å². The zero-order chi connectivity index (χ0) is 23.0. The first-order chi connectivity index (χ1) is 13.7. The number of carbonyl (C=O) groups excluding carboxylic acids is 3. The molecular formula is C23H31NO5S. The Morgan fingerprint density at radius 2 is 1.63 bits per heavy atom. The molecule has 30 heavy (non-hydrogen) atoms. The highest BCUT2D eigenvalue weighted by molar-refractivity contribution is 8.18. The molecule has 2 amide bonds. The molecule has 1 atom stereocenters. The number of esters is 1. The summed E-state index contributed by atoms with van der Waals surface area (Å²) in [4.78, 5) is 38.5. The highest BCUT2D eigenvalue weighted by atomic mass is 32.2. The van der Waals surface area contributed by atoms with E-state index in [1.807, 2.05) is 53.7 Å². The van der Waals surface area contributed by atoms with Gasteiger partial charge in [-0.3, -0.25) is 14.5 Å². The van der Waals surface area contributed by atoms with E-state index in [1.165, 1.54) is 6.92 Å². The summed E-state index contributed by atoms with van der Waals surface area (Å²) in [5.41, 5.74) is 1.62. The Bertz CT molecular complexity index is 870. The van der Waals surface area contributed by atoms with Crippen LogP contribution in [0, 0.1) is 0 Å². The number of phenols is 1. The summed E-state index contributed by atoms with van der Waals surface area (Å²) < 4.78 is 4.94. The van der Waals surface area contributed by atoms with E-state index in [2.05, 4.69) is 0 Å². The van der Waals surface area contributed by atoms with Crippen molar-refractivity contribution in [1.82, 2.24) is 4.90 Å². The summed E-state index contributed by atoms with van der Waals surface area (Å²) in [6, 6.07) is 2.69. The second-order valence-corrected chi connectivity index (χ2v) is 10.4. The van der Waals surface area contributed by atoms with Crippen molar-refractivity contribution in [2.24, 2.45) is 0 Å². The van der Waals surface area contributed by atoms with Crippen LogP contribution < -0.4 is 0 Å². The third-order valence-corrected chi connectivity index (χ3v) is 5.77. The van der Waals surface area contributed by atoms with Gasteiger partial charge in [0.05, 0.1) is 11.5 Å². The molecule has 0 saturated carbocycles. The quantitative estimate of drug-likeness (QED) is 0.533. The number of imide groups is 1. The Labute approximate surface area is 182 Å². The van der Waals surface area contributed by atoms with Crippen LogP contribution >= 0.6 is 11.8 Å². The molecule has 1 fully saturated rings. The van der Waals surface area contributed by atoms with Gasteiger partial charge in [-0.1, -0.05) is 41.5 Å². The van der Waals surface area contributed by atoms with Crippen molar-refractivity contribution in [2.45, 2.75) is 72.3 Å². The maximum Gasteiger partial charge on any atom is 0.329 e. The molecule has 1 aromatic rings. The SMILES string of the molecule is CCOC(=O)C(C)N1C(=O)SC(=Cc2cc(C(C)(C)C)c(O)c(C(C)(C)C)c2)C1=O. The molecule has 7 heteroatoms. The number of amides is 2. The molecule has 0 spiro atoms. The molecule has 6 nitrogen and oxygen atoms in total. The van der Waals surface area contributed by atoms with Crippen molar-refractivity contribution in [2.75, 3.05) is 6.61 Å². The predicted octanol–water partition coefficient (Wildman–Crippen LogP) is 4.98. The summed E-state index contributed by atoms with van der Waals surface area (Å²) in [6.45, 7) is 15.4. The minimum Gasteiger partial charge on any atom is -0.507 e. The lowest BCUT2D eigenvalue weighted by atomic mass is 9.78. The van der Waals surface area contributed by atoms with E-state index in [1.54, 1.807) is 13.0 Å². The largest absolute Gasteiger partial charge is 0.507 e. The van der Waals surface area contributed by atoms with Crippen molar-refractivity contribution >= 4 is 35.0 Å². The zero-order valence-corrected chi connectivity index (χ0v) is 19.8. The molecule has 1 aliphatic heterocycles. The molecule has 0 bridgehead atoms. The highest BCUT2D eigenvalue weighted by Crippen LogP contribution is 2.41. The first kappa shape index (κ1) is 24.0. The van der Waals surface area contributed by atoms with Crippen LogP contribution in [0.2, 0.25) is 0 Å². The molecular weight excluding hydrogens is 402 g/mol. The average Bonchev–Trinajstić information content (AvgIpc) is 2.87. The van der Waals surface area contributed by atoms with Gasteiger partial charge in [0, 0.05) is 11.1 Å². The number of hydrogen-bond donors (Lipinski definition) is 1. The fourth-order valence-corrected chi connectivity index (χ4v) is 4.13. The number of rotatable bonds is 4. The second-order valence-electron chi connectivity index (χ2n) is 9.44. The molecule has 1 saturated heterocycles. The van der Waals surface area contributed by atoms with Gasteiger partial charge in [-0.2, -0.15) is 0 Å². The van der Waals surface area contributed by atoms with Crippen LogP contribution in [0.1, 0.15) is 72.1 Å². The van der Waals surface area contributed by atoms with Crippen molar-refractivity contribution in [3.05, 3.63) is 33.7 Å². The fraction of sp³-hybridized carbons (Fsp3) is 0.522. The number of thioether (sulfide) groups is 1. The summed E-state index contributed by atoms with van der Waals surface area (Å²) >= 11 is 0.800. The Balaban J connectivity index is 2.52. The number of aromatic hydroxyl groups is 1. The van der Waals surface area contributed by atoms with Gasteiger partial charge in [-0.25, -0.2) is 4.79 Å². The van der Waals surface area contributed by atoms with Gasteiger partial charge in [0.1, 0.15) is 11.8 Å². The molecule has 1 N–H and O–H groups in total. The first-order valence-corrected chi connectivity index (χ1v) is 10.8. The summed E-state index contributed by atoms with van der Waals surface area (Å²) in [7, 11) is 0. The lowest BCUT2D eigenvalue weighted by molar-refractivity contribution is -0.150. The van der Waals surface area contributed by atoms with E-state index in [9.17, 15) is 19.5 Å². The lowest BCUT2D eigenvalue weighted by Crippen LogP contribution is -2.42. The zero-order valence-electron chi connectivity index (χ0n) is 19.0. The van der Waals surface area contributed by atoms with Crippen LogP contribution in [-0.2, 0) is 25.2 Å². The Hall–Kier alpha value is -2.28. The highest BCUT2D eigenvalue weighted by Gasteiger charge is 2.41. The van der Waals surface area contributed by atoms with Crippen LogP contribution in [0.3, 0.4) is 0 Å². The third kappa shape index (κ3) is 4.89. The molecule has 1 aliphatic rings. The van der Waals surface area contributed by atoms with Crippen molar-refractivity contribution in [3.63, 3.8) is 0 Å². The van der Waals surface area contributed by atoms with E-state index >= 15 is 0 Å². The fourth-order valence-electron chi connectivity index (χ4n) is 3.22. The normalized spacial score (nSPS) is 17.6. The predicted molar refractivity (Wildman–Crippen MR) is 119 cm³/mol. The molecule has 0 radical (unpaired) electrons. The molecule has 2 rings (SSSR count). The number of ether oxygens (including phenoxy) is 1. The van der Waals surface area contributed by atoms with Gasteiger partial charge < -0.3 is 9.84 Å². The van der Waals surface area contributed by atoms with Crippen LogP contribution in [0.5, 0.6) is 5.75 Å². The van der Waals surface area contributed by atoms with Gasteiger partial charge in [0.25, 0.3) is 11.1 Å². The lowest BCUT2D eigenvalue weighted by Gasteiger charge is -2.28. The van der Waals surface area contributed by atoms with Crippen molar-refractivity contribution in [3.8, 4) is 5.75 Å². The summed E-state index contributed by atoms with van der Waals surface area (Å²) in [5.74, 6) is -0.889. The van der Waals surface area contributed by atoms with E-state index in [-0.39, 0.29) is 28.1 Å². The van der Waals surface area contributed by atoms with Gasteiger partial charge in [0.2, 0.25) is 0 Å². The molecule has 1 unspecified atom stereocenters. The summed E-state index contributed by atoms with van der Waals surface area (Å²) in [6.07, 6.45) is 1.65. The number of phenolic OH excluding ortho intramolecular Hbond substituents is 1. The Morgan fingerprint density at radius 3 is 2.07 bits per heavy atom. The van der Waals surface area contributed by atoms with E-state index in [4.69, 9.17) is 4.74 Å². The van der Waals surface area contributed by atoms with E-state index < -0.39 is 23.2 Å². The van der Waals surface area contributed by atoms with Gasteiger partial charge in [-0.15, -0.1) is 0 Å². The Morgan fingerprint density at radius 1 is 1.13 bits per heavy atom. The minimum atomic E-state index is -0.988. The van der Waals surface area contributed by atoms with Crippen molar-refractivity contribution in [1.29, 1.82) is 0 Å². The minimum absolute atomic E-state index is 0.175. The average molecular weight is 434 g/mol. The van der Waals surface area contributed by atoms with Gasteiger partial charge in [0.15, 0.2) is 0 Å². The molecule has 1 aromatic carbocycles. The van der Waals surface area contributed by atoms with Gasteiger partial charge >= 0.3 is 5.97 Å².